The molecule has 0 saturated carbocycles. The largest absolute Gasteiger partial charge is 0.335 e. The molecule has 1 aromatic heterocycles. The van der Waals surface area contributed by atoms with Crippen molar-refractivity contribution in [1.82, 2.24) is 14.7 Å². The average molecular weight is 258 g/mol. The molecule has 0 fully saturated rings. The Labute approximate surface area is 108 Å². The van der Waals surface area contributed by atoms with E-state index in [9.17, 15) is 4.79 Å². The number of aryl methyl sites for hydroxylation is 2. The van der Waals surface area contributed by atoms with E-state index in [0.717, 1.165) is 12.1 Å². The molecule has 0 bridgehead atoms. The van der Waals surface area contributed by atoms with Crippen LogP contribution >= 0.6 is 11.6 Å². The van der Waals surface area contributed by atoms with Crippen molar-refractivity contribution in [3.8, 4) is 0 Å². The van der Waals surface area contributed by atoms with Gasteiger partial charge in [0.05, 0.1) is 11.3 Å². The molecule has 0 N–H and O–H groups in total. The summed E-state index contributed by atoms with van der Waals surface area (Å²) in [5, 5.41) is 4.29. The number of carbonyl (C=O) groups is 1. The molecule has 0 aliphatic rings. The number of aromatic nitrogens is 2. The van der Waals surface area contributed by atoms with Gasteiger partial charge in [0.25, 0.3) is 5.91 Å². The molecule has 0 aliphatic heterocycles. The molecule has 0 unspecified atom stereocenters. The van der Waals surface area contributed by atoms with Gasteiger partial charge < -0.3 is 4.90 Å². The van der Waals surface area contributed by atoms with Gasteiger partial charge in [-0.1, -0.05) is 6.92 Å². The van der Waals surface area contributed by atoms with Gasteiger partial charge in [-0.2, -0.15) is 5.10 Å². The highest BCUT2D eigenvalue weighted by Gasteiger charge is 2.22. The lowest BCUT2D eigenvalue weighted by molar-refractivity contribution is 0.0717. The summed E-state index contributed by atoms with van der Waals surface area (Å²) >= 11 is 5.74. The molecule has 4 nitrogen and oxygen atoms in total. The van der Waals surface area contributed by atoms with E-state index in [0.29, 0.717) is 18.0 Å². The second kappa shape index (κ2) is 6.05. The summed E-state index contributed by atoms with van der Waals surface area (Å²) in [7, 11) is 1.83. The predicted molar refractivity (Wildman–Crippen MR) is 69.5 cm³/mol. The smallest absolute Gasteiger partial charge is 0.257 e. The first-order chi connectivity index (χ1) is 8.01. The van der Waals surface area contributed by atoms with Gasteiger partial charge in [-0.05, 0) is 20.3 Å². The van der Waals surface area contributed by atoms with Crippen molar-refractivity contribution in [3.63, 3.8) is 0 Å². The maximum Gasteiger partial charge on any atom is 0.257 e. The summed E-state index contributed by atoms with van der Waals surface area (Å²) in [5.74, 6) is 0.469. The van der Waals surface area contributed by atoms with Crippen LogP contribution in [0.3, 0.4) is 0 Å². The molecule has 0 radical (unpaired) electrons. The van der Waals surface area contributed by atoms with Crippen molar-refractivity contribution in [2.24, 2.45) is 7.05 Å². The number of carbonyl (C=O) groups excluding carboxylic acids is 1. The maximum absolute atomic E-state index is 12.4. The van der Waals surface area contributed by atoms with Crippen LogP contribution in [0.4, 0.5) is 0 Å². The Kier molecular flexibility index (Phi) is 5.00. The first kappa shape index (κ1) is 14.0. The fourth-order valence-corrected chi connectivity index (χ4v) is 2.00. The topological polar surface area (TPSA) is 38.1 Å². The number of nitrogens with zero attached hydrogens (tertiary/aromatic N) is 3. The van der Waals surface area contributed by atoms with Crippen molar-refractivity contribution >= 4 is 17.5 Å². The van der Waals surface area contributed by atoms with E-state index in [1.807, 2.05) is 27.8 Å². The summed E-state index contributed by atoms with van der Waals surface area (Å²) in [6.07, 6.45) is 2.54. The lowest BCUT2D eigenvalue weighted by Crippen LogP contribution is -2.38. The molecule has 0 aliphatic carbocycles. The second-order valence-corrected chi connectivity index (χ2v) is 4.68. The zero-order valence-corrected chi connectivity index (χ0v) is 11.7. The second-order valence-electron chi connectivity index (χ2n) is 4.30. The molecule has 1 amide bonds. The summed E-state index contributed by atoms with van der Waals surface area (Å²) in [4.78, 5) is 14.2. The number of rotatable bonds is 5. The third kappa shape index (κ3) is 3.22. The Morgan fingerprint density at radius 1 is 1.59 bits per heavy atom. The van der Waals surface area contributed by atoms with Crippen LogP contribution in [-0.2, 0) is 13.5 Å². The standard InChI is InChI=1S/C12H20ClN3O/c1-5-11-10(8-15(4)14-11)12(17)16(7-6-13)9(2)3/h8-9H,5-7H2,1-4H3. The molecule has 1 rings (SSSR count). The van der Waals surface area contributed by atoms with Crippen LogP contribution in [0.5, 0.6) is 0 Å². The highest BCUT2D eigenvalue weighted by molar-refractivity contribution is 6.18. The van der Waals surface area contributed by atoms with Crippen molar-refractivity contribution < 1.29 is 4.79 Å². The van der Waals surface area contributed by atoms with E-state index in [-0.39, 0.29) is 11.9 Å². The van der Waals surface area contributed by atoms with E-state index in [4.69, 9.17) is 11.6 Å². The fourth-order valence-electron chi connectivity index (χ4n) is 1.81. The molecule has 1 heterocycles. The number of alkyl halides is 1. The summed E-state index contributed by atoms with van der Waals surface area (Å²) in [6.45, 7) is 6.55. The van der Waals surface area contributed by atoms with Crippen LogP contribution < -0.4 is 0 Å². The minimum absolute atomic E-state index is 0.0191. The normalized spacial score (nSPS) is 10.9. The van der Waals surface area contributed by atoms with Gasteiger partial charge in [-0.25, -0.2) is 0 Å². The fraction of sp³-hybridized carbons (Fsp3) is 0.667. The van der Waals surface area contributed by atoms with Crippen molar-refractivity contribution in [2.45, 2.75) is 33.2 Å². The number of hydrogen-bond donors (Lipinski definition) is 0. The Morgan fingerprint density at radius 2 is 2.24 bits per heavy atom. The molecular formula is C12H20ClN3O. The summed E-state index contributed by atoms with van der Waals surface area (Å²) in [5.41, 5.74) is 1.53. The molecule has 1 aromatic rings. The number of amides is 1. The Bertz CT molecular complexity index is 387. The first-order valence-corrected chi connectivity index (χ1v) is 6.44. The van der Waals surface area contributed by atoms with Gasteiger partial charge in [-0.15, -0.1) is 11.6 Å². The van der Waals surface area contributed by atoms with E-state index in [1.165, 1.54) is 0 Å². The van der Waals surface area contributed by atoms with Crippen LogP contribution in [0.2, 0.25) is 0 Å². The molecule has 5 heteroatoms. The van der Waals surface area contributed by atoms with Gasteiger partial charge in [-0.3, -0.25) is 9.48 Å². The lowest BCUT2D eigenvalue weighted by Gasteiger charge is -2.25. The maximum atomic E-state index is 12.4. The third-order valence-electron chi connectivity index (χ3n) is 2.68. The van der Waals surface area contributed by atoms with Gasteiger partial charge in [0.15, 0.2) is 0 Å². The highest BCUT2D eigenvalue weighted by atomic mass is 35.5. The molecule has 17 heavy (non-hydrogen) atoms. The highest BCUT2D eigenvalue weighted by Crippen LogP contribution is 2.13. The van der Waals surface area contributed by atoms with Crippen LogP contribution in [0.1, 0.15) is 36.8 Å². The zero-order valence-electron chi connectivity index (χ0n) is 10.9. The molecular weight excluding hydrogens is 238 g/mol. The van der Waals surface area contributed by atoms with Crippen molar-refractivity contribution in [3.05, 3.63) is 17.5 Å². The third-order valence-corrected chi connectivity index (χ3v) is 2.85. The average Bonchev–Trinajstić information content (AvgIpc) is 2.66. The Morgan fingerprint density at radius 3 is 2.71 bits per heavy atom. The molecule has 0 aromatic carbocycles. The van der Waals surface area contributed by atoms with E-state index in [2.05, 4.69) is 5.10 Å². The number of hydrogen-bond acceptors (Lipinski definition) is 2. The molecule has 0 saturated heterocycles. The van der Waals surface area contributed by atoms with Crippen LogP contribution in [0, 0.1) is 0 Å². The van der Waals surface area contributed by atoms with Crippen LogP contribution in [0.15, 0.2) is 6.20 Å². The van der Waals surface area contributed by atoms with E-state index in [1.54, 1.807) is 15.8 Å². The SMILES string of the molecule is CCc1nn(C)cc1C(=O)N(CCCl)C(C)C. The van der Waals surface area contributed by atoms with Crippen molar-refractivity contribution in [2.75, 3.05) is 12.4 Å². The zero-order chi connectivity index (χ0) is 13.0. The quantitative estimate of drug-likeness (QED) is 0.758. The minimum atomic E-state index is 0.0191. The van der Waals surface area contributed by atoms with Gasteiger partial charge in [0, 0.05) is 31.7 Å². The molecule has 0 atom stereocenters. The lowest BCUT2D eigenvalue weighted by atomic mass is 10.1. The van der Waals surface area contributed by atoms with Gasteiger partial charge >= 0.3 is 0 Å². The summed E-state index contributed by atoms with van der Waals surface area (Å²) < 4.78 is 1.69. The van der Waals surface area contributed by atoms with Gasteiger partial charge in [0.1, 0.15) is 0 Å². The molecule has 96 valence electrons. The van der Waals surface area contributed by atoms with Gasteiger partial charge in [0.2, 0.25) is 0 Å². The first-order valence-electron chi connectivity index (χ1n) is 5.90. The minimum Gasteiger partial charge on any atom is -0.335 e. The van der Waals surface area contributed by atoms with E-state index < -0.39 is 0 Å². The van der Waals surface area contributed by atoms with Crippen LogP contribution in [0.25, 0.3) is 0 Å². The number of halogens is 1. The summed E-state index contributed by atoms with van der Waals surface area (Å²) in [6, 6.07) is 0.145. The Hall–Kier alpha value is -1.03. The van der Waals surface area contributed by atoms with E-state index >= 15 is 0 Å². The van der Waals surface area contributed by atoms with Crippen molar-refractivity contribution in [1.29, 1.82) is 0 Å². The monoisotopic (exact) mass is 257 g/mol. The van der Waals surface area contributed by atoms with Crippen LogP contribution in [-0.4, -0.2) is 39.1 Å². The Balaban J connectivity index is 3.00. The predicted octanol–water partition coefficient (Wildman–Crippen LogP) is 2.07. The molecule has 0 spiro atoms.